The van der Waals surface area contributed by atoms with E-state index in [1.807, 2.05) is 6.07 Å². The number of furan rings is 1. The Kier molecular flexibility index (Phi) is 5.04. The van der Waals surface area contributed by atoms with Crippen molar-refractivity contribution in [3.05, 3.63) is 54.0 Å². The van der Waals surface area contributed by atoms with Gasteiger partial charge in [0.05, 0.1) is 12.5 Å². The molecule has 0 saturated carbocycles. The van der Waals surface area contributed by atoms with Gasteiger partial charge in [-0.15, -0.1) is 0 Å². The van der Waals surface area contributed by atoms with Gasteiger partial charge in [0.2, 0.25) is 0 Å². The van der Waals surface area contributed by atoms with E-state index in [-0.39, 0.29) is 0 Å². The van der Waals surface area contributed by atoms with Gasteiger partial charge in [-0.05, 0) is 36.9 Å². The van der Waals surface area contributed by atoms with Gasteiger partial charge in [0.25, 0.3) is 0 Å². The summed E-state index contributed by atoms with van der Waals surface area (Å²) in [5.41, 5.74) is 3.67. The van der Waals surface area contributed by atoms with Crippen LogP contribution in [0.5, 0.6) is 0 Å². The van der Waals surface area contributed by atoms with Crippen LogP contribution in [0.4, 0.5) is 5.69 Å². The number of benzene rings is 1. The van der Waals surface area contributed by atoms with Crippen molar-refractivity contribution < 1.29 is 4.42 Å². The first-order chi connectivity index (χ1) is 9.31. The average molecular weight is 258 g/mol. The molecule has 0 saturated heterocycles. The molecule has 0 bridgehead atoms. The van der Waals surface area contributed by atoms with E-state index in [0.29, 0.717) is 0 Å². The summed E-state index contributed by atoms with van der Waals surface area (Å²) in [6, 6.07) is 10.6. The highest BCUT2D eigenvalue weighted by atomic mass is 16.3. The van der Waals surface area contributed by atoms with Gasteiger partial charge in [0.1, 0.15) is 0 Å². The lowest BCUT2D eigenvalue weighted by Gasteiger charge is -2.18. The molecule has 0 fully saturated rings. The second kappa shape index (κ2) is 7.00. The third kappa shape index (κ3) is 4.14. The van der Waals surface area contributed by atoms with Crippen molar-refractivity contribution in [1.82, 2.24) is 4.90 Å². The number of hydrogen-bond acceptors (Lipinski definition) is 3. The van der Waals surface area contributed by atoms with Crippen LogP contribution >= 0.6 is 0 Å². The van der Waals surface area contributed by atoms with Gasteiger partial charge in [-0.2, -0.15) is 0 Å². The van der Waals surface area contributed by atoms with Crippen LogP contribution in [0, 0.1) is 0 Å². The van der Waals surface area contributed by atoms with Crippen LogP contribution in [0.2, 0.25) is 0 Å². The van der Waals surface area contributed by atoms with Crippen LogP contribution in [-0.2, 0) is 13.1 Å². The van der Waals surface area contributed by atoms with Crippen molar-refractivity contribution >= 4 is 5.69 Å². The Balaban J connectivity index is 1.94. The van der Waals surface area contributed by atoms with E-state index < -0.39 is 0 Å². The standard InChI is InChI=1S/C16H22N2O/c1-3-18(4-2)12-14-6-5-7-16(10-14)17-11-15-8-9-19-13-15/h5-10,13,17H,3-4,11-12H2,1-2H3. The second-order valence-electron chi connectivity index (χ2n) is 4.65. The molecule has 0 radical (unpaired) electrons. The van der Waals surface area contributed by atoms with Gasteiger partial charge in [-0.1, -0.05) is 26.0 Å². The molecule has 0 aliphatic heterocycles. The molecule has 0 aliphatic carbocycles. The molecule has 0 spiro atoms. The van der Waals surface area contributed by atoms with Crippen LogP contribution in [0.15, 0.2) is 47.3 Å². The number of rotatable bonds is 7. The smallest absolute Gasteiger partial charge is 0.0952 e. The highest BCUT2D eigenvalue weighted by Crippen LogP contribution is 2.14. The lowest BCUT2D eigenvalue weighted by atomic mass is 10.2. The third-order valence-electron chi connectivity index (χ3n) is 3.30. The summed E-state index contributed by atoms with van der Waals surface area (Å²) in [6.07, 6.45) is 3.47. The fourth-order valence-electron chi connectivity index (χ4n) is 2.08. The fourth-order valence-corrected chi connectivity index (χ4v) is 2.08. The molecule has 0 atom stereocenters. The predicted molar refractivity (Wildman–Crippen MR) is 79.1 cm³/mol. The van der Waals surface area contributed by atoms with Gasteiger partial charge in [0, 0.05) is 24.3 Å². The first-order valence-corrected chi connectivity index (χ1v) is 6.88. The molecular weight excluding hydrogens is 236 g/mol. The van der Waals surface area contributed by atoms with E-state index in [4.69, 9.17) is 4.42 Å². The SMILES string of the molecule is CCN(CC)Cc1cccc(NCc2ccoc2)c1. The van der Waals surface area contributed by atoms with Gasteiger partial charge < -0.3 is 9.73 Å². The molecule has 19 heavy (non-hydrogen) atoms. The Bertz CT molecular complexity index is 475. The first kappa shape index (κ1) is 13.7. The molecule has 1 aromatic heterocycles. The largest absolute Gasteiger partial charge is 0.472 e. The number of anilines is 1. The first-order valence-electron chi connectivity index (χ1n) is 6.88. The molecule has 3 heteroatoms. The molecular formula is C16H22N2O. The lowest BCUT2D eigenvalue weighted by Crippen LogP contribution is -2.22. The molecule has 2 aromatic rings. The molecule has 3 nitrogen and oxygen atoms in total. The molecule has 0 amide bonds. The van der Waals surface area contributed by atoms with Gasteiger partial charge in [0.15, 0.2) is 0 Å². The molecule has 1 aromatic carbocycles. The number of nitrogens with one attached hydrogen (secondary N) is 1. The summed E-state index contributed by atoms with van der Waals surface area (Å²) in [6.45, 7) is 8.38. The van der Waals surface area contributed by atoms with Crippen molar-refractivity contribution in [2.24, 2.45) is 0 Å². The monoisotopic (exact) mass is 258 g/mol. The quantitative estimate of drug-likeness (QED) is 0.820. The number of hydrogen-bond donors (Lipinski definition) is 1. The maximum atomic E-state index is 5.06. The molecule has 102 valence electrons. The Hall–Kier alpha value is -1.74. The summed E-state index contributed by atoms with van der Waals surface area (Å²) in [7, 11) is 0. The zero-order chi connectivity index (χ0) is 13.5. The zero-order valence-electron chi connectivity index (χ0n) is 11.7. The van der Waals surface area contributed by atoms with Crippen LogP contribution in [0.3, 0.4) is 0 Å². The van der Waals surface area contributed by atoms with Crippen molar-refractivity contribution in [1.29, 1.82) is 0 Å². The summed E-state index contributed by atoms with van der Waals surface area (Å²) >= 11 is 0. The summed E-state index contributed by atoms with van der Waals surface area (Å²) in [5, 5.41) is 3.42. The topological polar surface area (TPSA) is 28.4 Å². The summed E-state index contributed by atoms with van der Waals surface area (Å²) in [5.74, 6) is 0. The van der Waals surface area contributed by atoms with Crippen LogP contribution in [-0.4, -0.2) is 18.0 Å². The maximum absolute atomic E-state index is 5.06. The van der Waals surface area contributed by atoms with E-state index in [2.05, 4.69) is 48.3 Å². The van der Waals surface area contributed by atoms with E-state index >= 15 is 0 Å². The Morgan fingerprint density at radius 3 is 2.63 bits per heavy atom. The predicted octanol–water partition coefficient (Wildman–Crippen LogP) is 3.73. The zero-order valence-corrected chi connectivity index (χ0v) is 11.7. The molecule has 1 N–H and O–H groups in total. The van der Waals surface area contributed by atoms with Gasteiger partial charge in [-0.3, -0.25) is 4.90 Å². The maximum Gasteiger partial charge on any atom is 0.0952 e. The molecule has 0 aliphatic rings. The summed E-state index contributed by atoms with van der Waals surface area (Å²) < 4.78 is 5.06. The Labute approximate surface area is 115 Å². The average Bonchev–Trinajstić information content (AvgIpc) is 2.96. The van der Waals surface area contributed by atoms with Crippen molar-refractivity contribution in [3.8, 4) is 0 Å². The summed E-state index contributed by atoms with van der Waals surface area (Å²) in [4.78, 5) is 2.41. The van der Waals surface area contributed by atoms with Gasteiger partial charge >= 0.3 is 0 Å². The highest BCUT2D eigenvalue weighted by Gasteiger charge is 2.02. The van der Waals surface area contributed by atoms with Crippen molar-refractivity contribution in [2.45, 2.75) is 26.9 Å². The minimum absolute atomic E-state index is 0.797. The van der Waals surface area contributed by atoms with E-state index in [0.717, 1.165) is 37.4 Å². The minimum Gasteiger partial charge on any atom is -0.472 e. The van der Waals surface area contributed by atoms with E-state index in [1.54, 1.807) is 12.5 Å². The van der Waals surface area contributed by atoms with E-state index in [1.165, 1.54) is 5.56 Å². The highest BCUT2D eigenvalue weighted by molar-refractivity contribution is 5.46. The van der Waals surface area contributed by atoms with Gasteiger partial charge in [-0.25, -0.2) is 0 Å². The Morgan fingerprint density at radius 1 is 1.11 bits per heavy atom. The second-order valence-corrected chi connectivity index (χ2v) is 4.65. The normalized spacial score (nSPS) is 10.9. The third-order valence-corrected chi connectivity index (χ3v) is 3.30. The Morgan fingerprint density at radius 2 is 1.95 bits per heavy atom. The van der Waals surface area contributed by atoms with Crippen molar-refractivity contribution in [2.75, 3.05) is 18.4 Å². The fraction of sp³-hybridized carbons (Fsp3) is 0.375. The van der Waals surface area contributed by atoms with Crippen LogP contribution in [0.25, 0.3) is 0 Å². The van der Waals surface area contributed by atoms with Crippen molar-refractivity contribution in [3.63, 3.8) is 0 Å². The van der Waals surface area contributed by atoms with Crippen LogP contribution < -0.4 is 5.32 Å². The van der Waals surface area contributed by atoms with Crippen LogP contribution in [0.1, 0.15) is 25.0 Å². The molecule has 2 rings (SSSR count). The molecule has 1 heterocycles. The lowest BCUT2D eigenvalue weighted by molar-refractivity contribution is 0.296. The minimum atomic E-state index is 0.797. The number of nitrogens with zero attached hydrogens (tertiary/aromatic N) is 1. The van der Waals surface area contributed by atoms with E-state index in [9.17, 15) is 0 Å². The molecule has 0 unspecified atom stereocenters.